The molecule has 2 rings (SSSR count). The number of aryl methyl sites for hydroxylation is 1. The van der Waals surface area contributed by atoms with Crippen LogP contribution in [-0.2, 0) is 4.79 Å². The predicted molar refractivity (Wildman–Crippen MR) is 87.4 cm³/mol. The number of benzene rings is 1. The van der Waals surface area contributed by atoms with Crippen molar-refractivity contribution in [2.45, 2.75) is 39.0 Å². The van der Waals surface area contributed by atoms with Gasteiger partial charge in [0.1, 0.15) is 6.26 Å². The van der Waals surface area contributed by atoms with Crippen LogP contribution in [0.15, 0.2) is 34.9 Å². The van der Waals surface area contributed by atoms with Crippen LogP contribution in [0, 0.1) is 6.92 Å². The standard InChI is InChI=1S/C17H23N3O2/c1-13-12-22-17(19-13)14-7-6-8-15(11-14)20-16(21)9-4-2-3-5-10-18/h6-8,11-12H,2-5,9-10,18H2,1H3,(H,20,21). The SMILES string of the molecule is Cc1coc(-c2cccc(NC(=O)CCCCCCN)c2)n1. The molecule has 1 aromatic carbocycles. The first-order valence-electron chi connectivity index (χ1n) is 7.71. The highest BCUT2D eigenvalue weighted by molar-refractivity contribution is 5.91. The molecule has 5 nitrogen and oxygen atoms in total. The summed E-state index contributed by atoms with van der Waals surface area (Å²) in [5, 5.41) is 2.92. The third-order valence-electron chi connectivity index (χ3n) is 3.37. The number of unbranched alkanes of at least 4 members (excludes halogenated alkanes) is 3. The molecule has 0 radical (unpaired) electrons. The maximum absolute atomic E-state index is 11.9. The Balaban J connectivity index is 1.86. The highest BCUT2D eigenvalue weighted by Gasteiger charge is 2.07. The quantitative estimate of drug-likeness (QED) is 0.731. The summed E-state index contributed by atoms with van der Waals surface area (Å²) in [5.74, 6) is 0.601. The number of hydrogen-bond donors (Lipinski definition) is 2. The average Bonchev–Trinajstić information content (AvgIpc) is 2.94. The molecule has 0 spiro atoms. The lowest BCUT2D eigenvalue weighted by atomic mass is 10.1. The zero-order valence-corrected chi connectivity index (χ0v) is 13.0. The van der Waals surface area contributed by atoms with Gasteiger partial charge in [-0.1, -0.05) is 18.9 Å². The Morgan fingerprint density at radius 3 is 2.82 bits per heavy atom. The molecule has 0 unspecified atom stereocenters. The lowest BCUT2D eigenvalue weighted by molar-refractivity contribution is -0.116. The molecule has 1 aromatic heterocycles. The fraction of sp³-hybridized carbons (Fsp3) is 0.412. The molecule has 1 heterocycles. The van der Waals surface area contributed by atoms with Gasteiger partial charge in [0.05, 0.1) is 5.69 Å². The summed E-state index contributed by atoms with van der Waals surface area (Å²) >= 11 is 0. The van der Waals surface area contributed by atoms with Gasteiger partial charge < -0.3 is 15.5 Å². The second kappa shape index (κ2) is 8.34. The fourth-order valence-electron chi connectivity index (χ4n) is 2.22. The second-order valence-corrected chi connectivity index (χ2v) is 5.38. The van der Waals surface area contributed by atoms with E-state index in [9.17, 15) is 4.79 Å². The average molecular weight is 301 g/mol. The molecule has 0 fully saturated rings. The Morgan fingerprint density at radius 2 is 2.09 bits per heavy atom. The highest BCUT2D eigenvalue weighted by atomic mass is 16.3. The monoisotopic (exact) mass is 301 g/mol. The van der Waals surface area contributed by atoms with Crippen LogP contribution >= 0.6 is 0 Å². The third-order valence-corrected chi connectivity index (χ3v) is 3.37. The van der Waals surface area contributed by atoms with E-state index < -0.39 is 0 Å². The van der Waals surface area contributed by atoms with Gasteiger partial charge in [0, 0.05) is 17.7 Å². The minimum Gasteiger partial charge on any atom is -0.444 e. The molecule has 0 aliphatic carbocycles. The van der Waals surface area contributed by atoms with E-state index in [0.29, 0.717) is 12.3 Å². The number of amides is 1. The van der Waals surface area contributed by atoms with Crippen LogP contribution in [0.2, 0.25) is 0 Å². The summed E-state index contributed by atoms with van der Waals surface area (Å²) in [5.41, 5.74) is 7.90. The van der Waals surface area contributed by atoms with Crippen LogP contribution in [0.4, 0.5) is 5.69 Å². The van der Waals surface area contributed by atoms with Crippen LogP contribution in [0.5, 0.6) is 0 Å². The molecule has 2 aromatic rings. The van der Waals surface area contributed by atoms with Gasteiger partial charge in [-0.25, -0.2) is 4.98 Å². The summed E-state index contributed by atoms with van der Waals surface area (Å²) in [7, 11) is 0. The summed E-state index contributed by atoms with van der Waals surface area (Å²) in [4.78, 5) is 16.2. The Hall–Kier alpha value is -2.14. The van der Waals surface area contributed by atoms with Crippen molar-refractivity contribution >= 4 is 11.6 Å². The van der Waals surface area contributed by atoms with Crippen LogP contribution in [0.3, 0.4) is 0 Å². The van der Waals surface area contributed by atoms with Gasteiger partial charge in [0.2, 0.25) is 11.8 Å². The van der Waals surface area contributed by atoms with Crippen molar-refractivity contribution in [1.29, 1.82) is 0 Å². The van der Waals surface area contributed by atoms with Crippen molar-refractivity contribution < 1.29 is 9.21 Å². The maximum atomic E-state index is 11.9. The van der Waals surface area contributed by atoms with Crippen molar-refractivity contribution in [3.05, 3.63) is 36.2 Å². The Morgan fingerprint density at radius 1 is 1.27 bits per heavy atom. The van der Waals surface area contributed by atoms with Gasteiger partial charge in [-0.15, -0.1) is 0 Å². The highest BCUT2D eigenvalue weighted by Crippen LogP contribution is 2.22. The number of rotatable bonds is 8. The number of nitrogens with zero attached hydrogens (tertiary/aromatic N) is 1. The van der Waals surface area contributed by atoms with Gasteiger partial charge in [0.25, 0.3) is 0 Å². The number of carbonyl (C=O) groups excluding carboxylic acids is 1. The summed E-state index contributed by atoms with van der Waals surface area (Å²) in [6.45, 7) is 2.60. The second-order valence-electron chi connectivity index (χ2n) is 5.38. The van der Waals surface area contributed by atoms with Crippen molar-refractivity contribution in [2.24, 2.45) is 5.73 Å². The first-order valence-corrected chi connectivity index (χ1v) is 7.71. The lowest BCUT2D eigenvalue weighted by Gasteiger charge is -2.06. The first kappa shape index (κ1) is 16.2. The molecule has 118 valence electrons. The molecule has 0 aliphatic heterocycles. The van der Waals surface area contributed by atoms with Crippen LogP contribution in [0.25, 0.3) is 11.5 Å². The predicted octanol–water partition coefficient (Wildman–Crippen LogP) is 3.50. The minimum absolute atomic E-state index is 0.0356. The number of anilines is 1. The normalized spacial score (nSPS) is 10.6. The number of hydrogen-bond acceptors (Lipinski definition) is 4. The molecule has 0 atom stereocenters. The van der Waals surface area contributed by atoms with Gasteiger partial charge in [0.15, 0.2) is 0 Å². The molecule has 0 saturated heterocycles. The van der Waals surface area contributed by atoms with E-state index in [-0.39, 0.29) is 5.91 Å². The van der Waals surface area contributed by atoms with Gasteiger partial charge in [-0.05, 0) is 44.5 Å². The topological polar surface area (TPSA) is 81.2 Å². The van der Waals surface area contributed by atoms with E-state index in [1.165, 1.54) is 0 Å². The zero-order valence-electron chi connectivity index (χ0n) is 13.0. The number of nitrogens with two attached hydrogens (primary N) is 1. The maximum Gasteiger partial charge on any atom is 0.226 e. The minimum atomic E-state index is 0.0356. The van der Waals surface area contributed by atoms with E-state index in [1.54, 1.807) is 6.26 Å². The van der Waals surface area contributed by atoms with E-state index >= 15 is 0 Å². The zero-order chi connectivity index (χ0) is 15.8. The Bertz CT molecular complexity index is 607. The summed E-state index contributed by atoms with van der Waals surface area (Å²) < 4.78 is 5.38. The number of nitrogens with one attached hydrogen (secondary N) is 1. The summed E-state index contributed by atoms with van der Waals surface area (Å²) in [6, 6.07) is 7.53. The van der Waals surface area contributed by atoms with Gasteiger partial charge in [-0.2, -0.15) is 0 Å². The van der Waals surface area contributed by atoms with E-state index in [1.807, 2.05) is 31.2 Å². The van der Waals surface area contributed by atoms with Crippen molar-refractivity contribution in [3.8, 4) is 11.5 Å². The van der Waals surface area contributed by atoms with Crippen molar-refractivity contribution in [3.63, 3.8) is 0 Å². The Labute approximate surface area is 130 Å². The number of carbonyl (C=O) groups is 1. The van der Waals surface area contributed by atoms with Crippen molar-refractivity contribution in [2.75, 3.05) is 11.9 Å². The van der Waals surface area contributed by atoms with E-state index in [4.69, 9.17) is 10.2 Å². The smallest absolute Gasteiger partial charge is 0.226 e. The van der Waals surface area contributed by atoms with Gasteiger partial charge >= 0.3 is 0 Å². The third kappa shape index (κ3) is 5.00. The molecule has 0 saturated carbocycles. The van der Waals surface area contributed by atoms with Crippen LogP contribution < -0.4 is 11.1 Å². The molecule has 5 heteroatoms. The first-order chi connectivity index (χ1) is 10.7. The molecule has 3 N–H and O–H groups in total. The van der Waals surface area contributed by atoms with Gasteiger partial charge in [-0.3, -0.25) is 4.79 Å². The molecule has 1 amide bonds. The molecule has 0 bridgehead atoms. The largest absolute Gasteiger partial charge is 0.444 e. The lowest BCUT2D eigenvalue weighted by Crippen LogP contribution is -2.11. The summed E-state index contributed by atoms with van der Waals surface area (Å²) in [6.07, 6.45) is 6.20. The van der Waals surface area contributed by atoms with Crippen molar-refractivity contribution in [1.82, 2.24) is 4.98 Å². The number of oxazole rings is 1. The van der Waals surface area contributed by atoms with E-state index in [2.05, 4.69) is 10.3 Å². The molecule has 0 aliphatic rings. The van der Waals surface area contributed by atoms with E-state index in [0.717, 1.165) is 49.2 Å². The Kier molecular flexibility index (Phi) is 6.15. The molecular formula is C17H23N3O2. The molecular weight excluding hydrogens is 278 g/mol. The van der Waals surface area contributed by atoms with Crippen LogP contribution in [0.1, 0.15) is 37.8 Å². The van der Waals surface area contributed by atoms with Crippen LogP contribution in [-0.4, -0.2) is 17.4 Å². The number of aromatic nitrogens is 1. The molecule has 22 heavy (non-hydrogen) atoms. The fourth-order valence-corrected chi connectivity index (χ4v) is 2.22.